The monoisotopic (exact) mass is 154 g/mol. The van der Waals surface area contributed by atoms with Crippen molar-refractivity contribution in [1.82, 2.24) is 4.90 Å². The van der Waals surface area contributed by atoms with Crippen molar-refractivity contribution in [1.29, 1.82) is 0 Å². The third-order valence-corrected chi connectivity index (χ3v) is 3.40. The summed E-state index contributed by atoms with van der Waals surface area (Å²) in [4.78, 5) is 2.55. The SMILES string of the molecule is CC(C)N1CCC2(C[C@H]2N)C1. The molecule has 0 aromatic rings. The first kappa shape index (κ1) is 7.56. The highest BCUT2D eigenvalue weighted by atomic mass is 15.2. The molecule has 1 saturated carbocycles. The predicted molar refractivity (Wildman–Crippen MR) is 46.4 cm³/mol. The van der Waals surface area contributed by atoms with Crippen molar-refractivity contribution in [3.05, 3.63) is 0 Å². The van der Waals surface area contributed by atoms with Gasteiger partial charge in [-0.05, 0) is 33.2 Å². The van der Waals surface area contributed by atoms with Gasteiger partial charge in [0, 0.05) is 24.0 Å². The largest absolute Gasteiger partial charge is 0.327 e. The number of rotatable bonds is 1. The topological polar surface area (TPSA) is 29.3 Å². The molecule has 2 N–H and O–H groups in total. The van der Waals surface area contributed by atoms with E-state index in [9.17, 15) is 0 Å². The highest BCUT2D eigenvalue weighted by Gasteiger charge is 2.55. The second-order valence-corrected chi connectivity index (χ2v) is 4.49. The quantitative estimate of drug-likeness (QED) is 0.606. The molecule has 0 bridgehead atoms. The molecule has 1 unspecified atom stereocenters. The zero-order chi connectivity index (χ0) is 8.06. The van der Waals surface area contributed by atoms with Crippen LogP contribution >= 0.6 is 0 Å². The smallest absolute Gasteiger partial charge is 0.0115 e. The van der Waals surface area contributed by atoms with E-state index >= 15 is 0 Å². The van der Waals surface area contributed by atoms with Gasteiger partial charge in [0.05, 0.1) is 0 Å². The van der Waals surface area contributed by atoms with Crippen molar-refractivity contribution >= 4 is 0 Å². The predicted octanol–water partition coefficient (Wildman–Crippen LogP) is 0.818. The molecule has 1 heterocycles. The number of hydrogen-bond acceptors (Lipinski definition) is 2. The lowest BCUT2D eigenvalue weighted by atomic mass is 10.1. The Morgan fingerprint density at radius 1 is 1.55 bits per heavy atom. The molecule has 64 valence electrons. The molecule has 1 aliphatic carbocycles. The first-order valence-corrected chi connectivity index (χ1v) is 4.64. The van der Waals surface area contributed by atoms with Crippen LogP contribution in [0, 0.1) is 5.41 Å². The highest BCUT2D eigenvalue weighted by molar-refractivity contribution is 5.11. The molecule has 2 aliphatic rings. The van der Waals surface area contributed by atoms with Gasteiger partial charge in [0.1, 0.15) is 0 Å². The van der Waals surface area contributed by atoms with Crippen molar-refractivity contribution in [2.45, 2.75) is 38.8 Å². The van der Waals surface area contributed by atoms with E-state index in [1.807, 2.05) is 0 Å². The molecule has 1 aliphatic heterocycles. The zero-order valence-corrected chi connectivity index (χ0v) is 7.51. The number of hydrogen-bond donors (Lipinski definition) is 1. The molecule has 11 heavy (non-hydrogen) atoms. The molecule has 0 aromatic carbocycles. The van der Waals surface area contributed by atoms with Crippen LogP contribution in [0.25, 0.3) is 0 Å². The molecule has 1 spiro atoms. The molecule has 0 radical (unpaired) electrons. The summed E-state index contributed by atoms with van der Waals surface area (Å²) in [5.41, 5.74) is 6.46. The van der Waals surface area contributed by atoms with Crippen LogP contribution < -0.4 is 5.73 Å². The minimum atomic E-state index is 0.520. The second-order valence-electron chi connectivity index (χ2n) is 4.49. The van der Waals surface area contributed by atoms with Crippen LogP contribution in [-0.2, 0) is 0 Å². The fourth-order valence-electron chi connectivity index (χ4n) is 2.22. The lowest BCUT2D eigenvalue weighted by Gasteiger charge is -2.20. The summed E-state index contributed by atoms with van der Waals surface area (Å²) in [6.45, 7) is 7.07. The Hall–Kier alpha value is -0.0800. The molecule has 2 heteroatoms. The highest BCUT2D eigenvalue weighted by Crippen LogP contribution is 2.51. The number of nitrogens with two attached hydrogens (primary N) is 1. The molecule has 0 aromatic heterocycles. The fourth-order valence-corrected chi connectivity index (χ4v) is 2.22. The van der Waals surface area contributed by atoms with E-state index in [1.165, 1.54) is 25.9 Å². The first-order chi connectivity index (χ1) is 5.14. The van der Waals surface area contributed by atoms with Gasteiger partial charge in [-0.3, -0.25) is 0 Å². The Bertz CT molecular complexity index is 167. The van der Waals surface area contributed by atoms with Crippen LogP contribution in [0.1, 0.15) is 26.7 Å². The summed E-state index contributed by atoms with van der Waals surface area (Å²) in [5.74, 6) is 0. The maximum absolute atomic E-state index is 5.90. The normalized spacial score (nSPS) is 44.2. The standard InChI is InChI=1S/C9H18N2/c1-7(2)11-4-3-9(6-11)5-8(9)10/h7-8H,3-6,10H2,1-2H3/t8-,9?/m1/s1. The first-order valence-electron chi connectivity index (χ1n) is 4.64. The van der Waals surface area contributed by atoms with Crippen LogP contribution in [0.5, 0.6) is 0 Å². The molecule has 2 fully saturated rings. The second kappa shape index (κ2) is 2.20. The van der Waals surface area contributed by atoms with Gasteiger partial charge in [0.15, 0.2) is 0 Å². The third kappa shape index (κ3) is 1.09. The van der Waals surface area contributed by atoms with Crippen molar-refractivity contribution in [2.75, 3.05) is 13.1 Å². The molecular weight excluding hydrogens is 136 g/mol. The average Bonchev–Trinajstić information content (AvgIpc) is 2.44. The number of likely N-dealkylation sites (tertiary alicyclic amines) is 1. The lowest BCUT2D eigenvalue weighted by molar-refractivity contribution is 0.260. The minimum Gasteiger partial charge on any atom is -0.327 e. The molecular formula is C9H18N2. The fraction of sp³-hybridized carbons (Fsp3) is 1.00. The van der Waals surface area contributed by atoms with Gasteiger partial charge in [-0.15, -0.1) is 0 Å². The van der Waals surface area contributed by atoms with Gasteiger partial charge in [-0.1, -0.05) is 0 Å². The average molecular weight is 154 g/mol. The summed E-state index contributed by atoms with van der Waals surface area (Å²) >= 11 is 0. The van der Waals surface area contributed by atoms with E-state index in [4.69, 9.17) is 5.73 Å². The van der Waals surface area contributed by atoms with Crippen molar-refractivity contribution in [2.24, 2.45) is 11.1 Å². The van der Waals surface area contributed by atoms with Gasteiger partial charge in [-0.25, -0.2) is 0 Å². The van der Waals surface area contributed by atoms with Crippen LogP contribution in [0.3, 0.4) is 0 Å². The van der Waals surface area contributed by atoms with Gasteiger partial charge in [0.2, 0.25) is 0 Å². The van der Waals surface area contributed by atoms with Gasteiger partial charge in [-0.2, -0.15) is 0 Å². The maximum Gasteiger partial charge on any atom is 0.0115 e. The van der Waals surface area contributed by atoms with Crippen LogP contribution in [-0.4, -0.2) is 30.1 Å². The maximum atomic E-state index is 5.90. The van der Waals surface area contributed by atoms with E-state index in [0.717, 1.165) is 0 Å². The Morgan fingerprint density at radius 2 is 2.18 bits per heavy atom. The van der Waals surface area contributed by atoms with Crippen molar-refractivity contribution in [3.8, 4) is 0 Å². The summed E-state index contributed by atoms with van der Waals surface area (Å²) in [6.07, 6.45) is 2.61. The van der Waals surface area contributed by atoms with Crippen molar-refractivity contribution in [3.63, 3.8) is 0 Å². The molecule has 2 atom stereocenters. The molecule has 2 nitrogen and oxygen atoms in total. The Balaban J connectivity index is 1.95. The summed E-state index contributed by atoms with van der Waals surface area (Å²) in [5, 5.41) is 0. The Labute approximate surface area is 68.7 Å². The van der Waals surface area contributed by atoms with E-state index in [1.54, 1.807) is 0 Å². The van der Waals surface area contributed by atoms with Crippen LogP contribution in [0.15, 0.2) is 0 Å². The Kier molecular flexibility index (Phi) is 1.52. The van der Waals surface area contributed by atoms with Gasteiger partial charge >= 0.3 is 0 Å². The molecule has 0 amide bonds. The summed E-state index contributed by atoms with van der Waals surface area (Å²) in [6, 6.07) is 1.23. The Morgan fingerprint density at radius 3 is 2.45 bits per heavy atom. The van der Waals surface area contributed by atoms with Crippen molar-refractivity contribution < 1.29 is 0 Å². The van der Waals surface area contributed by atoms with E-state index in [0.29, 0.717) is 17.5 Å². The number of nitrogens with zero attached hydrogens (tertiary/aromatic N) is 1. The van der Waals surface area contributed by atoms with E-state index < -0.39 is 0 Å². The van der Waals surface area contributed by atoms with Gasteiger partial charge in [0.25, 0.3) is 0 Å². The van der Waals surface area contributed by atoms with Crippen LogP contribution in [0.4, 0.5) is 0 Å². The lowest BCUT2D eigenvalue weighted by Crippen LogP contribution is -2.29. The third-order valence-electron chi connectivity index (χ3n) is 3.40. The van der Waals surface area contributed by atoms with Gasteiger partial charge < -0.3 is 10.6 Å². The van der Waals surface area contributed by atoms with Crippen LogP contribution in [0.2, 0.25) is 0 Å². The molecule has 2 rings (SSSR count). The zero-order valence-electron chi connectivity index (χ0n) is 7.51. The minimum absolute atomic E-state index is 0.520. The van der Waals surface area contributed by atoms with E-state index in [-0.39, 0.29) is 0 Å². The summed E-state index contributed by atoms with van der Waals surface area (Å²) in [7, 11) is 0. The summed E-state index contributed by atoms with van der Waals surface area (Å²) < 4.78 is 0. The van der Waals surface area contributed by atoms with E-state index in [2.05, 4.69) is 18.7 Å². The molecule has 1 saturated heterocycles.